The van der Waals surface area contributed by atoms with Crippen molar-refractivity contribution in [3.8, 4) is 17.1 Å². The highest BCUT2D eigenvalue weighted by atomic mass is 35.5. The van der Waals surface area contributed by atoms with Crippen LogP contribution in [-0.4, -0.2) is 21.3 Å². The fourth-order valence-electron chi connectivity index (χ4n) is 3.06. The zero-order valence-electron chi connectivity index (χ0n) is 13.3. The van der Waals surface area contributed by atoms with Gasteiger partial charge in [0.25, 0.3) is 0 Å². The Bertz CT molecular complexity index is 933. The van der Waals surface area contributed by atoms with Crippen LogP contribution in [0.1, 0.15) is 24.2 Å². The molecule has 0 aliphatic carbocycles. The van der Waals surface area contributed by atoms with Crippen LogP contribution in [0.3, 0.4) is 0 Å². The fraction of sp³-hybridized carbons (Fsp3) is 0.222. The molecule has 24 heavy (non-hydrogen) atoms. The predicted molar refractivity (Wildman–Crippen MR) is 98.5 cm³/mol. The average molecular weight is 359 g/mol. The van der Waals surface area contributed by atoms with Crippen molar-refractivity contribution in [2.45, 2.75) is 19.8 Å². The van der Waals surface area contributed by atoms with Crippen LogP contribution in [0.5, 0.6) is 0 Å². The summed E-state index contributed by atoms with van der Waals surface area (Å²) < 4.78 is 2.11. The van der Waals surface area contributed by atoms with E-state index in [-0.39, 0.29) is 5.92 Å². The topological polar surface area (TPSA) is 42.7 Å². The van der Waals surface area contributed by atoms with Gasteiger partial charge in [0.05, 0.1) is 11.4 Å². The lowest BCUT2D eigenvalue weighted by Crippen LogP contribution is -2.09. The van der Waals surface area contributed by atoms with Crippen LogP contribution in [0, 0.1) is 6.92 Å². The number of hydrogen-bond acceptors (Lipinski definition) is 3. The van der Waals surface area contributed by atoms with Gasteiger partial charge < -0.3 is 5.32 Å². The maximum absolute atomic E-state index is 6.21. The molecule has 0 radical (unpaired) electrons. The summed E-state index contributed by atoms with van der Waals surface area (Å²) in [5, 5.41) is 13.8. The van der Waals surface area contributed by atoms with Gasteiger partial charge in [-0.25, -0.2) is 0 Å². The van der Waals surface area contributed by atoms with E-state index in [9.17, 15) is 0 Å². The number of halogens is 2. The van der Waals surface area contributed by atoms with Crippen molar-refractivity contribution in [3.63, 3.8) is 0 Å². The standard InChI is InChI=1S/C18H16Cl2N4/c1-10-3-4-12(19)7-14(10)18-23-22-17-11(2)9-21-15-8-13(20)5-6-16(15)24(17)18/h3-8,11,21H,9H2,1-2H3. The molecule has 1 aliphatic rings. The van der Waals surface area contributed by atoms with Gasteiger partial charge in [-0.3, -0.25) is 4.57 Å². The first-order valence-corrected chi connectivity index (χ1v) is 8.56. The summed E-state index contributed by atoms with van der Waals surface area (Å²) >= 11 is 12.4. The van der Waals surface area contributed by atoms with Crippen molar-refractivity contribution < 1.29 is 0 Å². The number of aromatic nitrogens is 3. The van der Waals surface area contributed by atoms with E-state index in [1.807, 2.05) is 36.4 Å². The third kappa shape index (κ3) is 2.46. The molecule has 3 aromatic rings. The van der Waals surface area contributed by atoms with Crippen LogP contribution in [0.25, 0.3) is 17.1 Å². The molecule has 1 aromatic heterocycles. The van der Waals surface area contributed by atoms with Crippen molar-refractivity contribution in [2.24, 2.45) is 0 Å². The first-order chi connectivity index (χ1) is 11.5. The molecule has 1 aliphatic heterocycles. The Morgan fingerprint density at radius 3 is 2.67 bits per heavy atom. The molecule has 0 amide bonds. The average Bonchev–Trinajstić information content (AvgIpc) is 2.94. The van der Waals surface area contributed by atoms with E-state index in [0.29, 0.717) is 10.0 Å². The monoisotopic (exact) mass is 358 g/mol. The number of rotatable bonds is 1. The maximum atomic E-state index is 6.21. The minimum Gasteiger partial charge on any atom is -0.383 e. The van der Waals surface area contributed by atoms with Gasteiger partial charge >= 0.3 is 0 Å². The lowest BCUT2D eigenvalue weighted by Gasteiger charge is -2.13. The molecule has 4 nitrogen and oxygen atoms in total. The van der Waals surface area contributed by atoms with Crippen LogP contribution in [0.4, 0.5) is 5.69 Å². The molecule has 2 aromatic carbocycles. The normalized spacial score (nSPS) is 16.1. The van der Waals surface area contributed by atoms with Crippen molar-refractivity contribution in [3.05, 3.63) is 57.8 Å². The van der Waals surface area contributed by atoms with Crippen LogP contribution in [0.2, 0.25) is 10.0 Å². The SMILES string of the molecule is Cc1ccc(Cl)cc1-c1nnc2n1-c1ccc(Cl)cc1NCC2C. The summed E-state index contributed by atoms with van der Waals surface area (Å²) in [5.74, 6) is 1.94. The Labute approximate surface area is 150 Å². The van der Waals surface area contributed by atoms with E-state index in [0.717, 1.165) is 40.7 Å². The minimum absolute atomic E-state index is 0.219. The quantitative estimate of drug-likeness (QED) is 0.659. The van der Waals surface area contributed by atoms with Crippen molar-refractivity contribution in [2.75, 3.05) is 11.9 Å². The lowest BCUT2D eigenvalue weighted by molar-refractivity contribution is 0.725. The molecule has 0 spiro atoms. The van der Waals surface area contributed by atoms with E-state index < -0.39 is 0 Å². The smallest absolute Gasteiger partial charge is 0.168 e. The Hall–Kier alpha value is -2.04. The molecular weight excluding hydrogens is 343 g/mol. The first kappa shape index (κ1) is 15.5. The van der Waals surface area contributed by atoms with Gasteiger partial charge in [-0.15, -0.1) is 10.2 Å². The predicted octanol–water partition coefficient (Wildman–Crippen LogP) is 5.08. The number of benzene rings is 2. The van der Waals surface area contributed by atoms with Crippen LogP contribution in [0.15, 0.2) is 36.4 Å². The second-order valence-corrected chi connectivity index (χ2v) is 6.99. The molecular formula is C18H16Cl2N4. The molecule has 0 saturated carbocycles. The lowest BCUT2D eigenvalue weighted by atomic mass is 10.1. The summed E-state index contributed by atoms with van der Waals surface area (Å²) in [6.07, 6.45) is 0. The van der Waals surface area contributed by atoms with Gasteiger partial charge in [-0.2, -0.15) is 0 Å². The molecule has 6 heteroatoms. The Kier molecular flexibility index (Phi) is 3.74. The molecule has 1 atom stereocenters. The highest BCUT2D eigenvalue weighted by Crippen LogP contribution is 2.36. The number of aryl methyl sites for hydroxylation is 1. The number of nitrogens with one attached hydrogen (secondary N) is 1. The number of anilines is 1. The molecule has 0 bridgehead atoms. The second-order valence-electron chi connectivity index (χ2n) is 6.12. The molecule has 1 unspecified atom stereocenters. The summed E-state index contributed by atoms with van der Waals surface area (Å²) in [6.45, 7) is 4.96. The van der Waals surface area contributed by atoms with Gasteiger partial charge in [0.1, 0.15) is 5.82 Å². The highest BCUT2D eigenvalue weighted by molar-refractivity contribution is 6.31. The fourth-order valence-corrected chi connectivity index (χ4v) is 3.41. The maximum Gasteiger partial charge on any atom is 0.168 e. The summed E-state index contributed by atoms with van der Waals surface area (Å²) in [5.41, 5.74) is 4.07. The summed E-state index contributed by atoms with van der Waals surface area (Å²) in [4.78, 5) is 0. The van der Waals surface area contributed by atoms with Gasteiger partial charge in [0.2, 0.25) is 0 Å². The van der Waals surface area contributed by atoms with Gasteiger partial charge in [0.15, 0.2) is 5.82 Å². The Morgan fingerprint density at radius 1 is 1.08 bits per heavy atom. The Morgan fingerprint density at radius 2 is 1.83 bits per heavy atom. The van der Waals surface area contributed by atoms with Gasteiger partial charge in [0, 0.05) is 28.1 Å². The van der Waals surface area contributed by atoms with Crippen LogP contribution >= 0.6 is 23.2 Å². The zero-order valence-corrected chi connectivity index (χ0v) is 14.9. The van der Waals surface area contributed by atoms with E-state index in [1.165, 1.54) is 0 Å². The molecule has 0 saturated heterocycles. The van der Waals surface area contributed by atoms with Gasteiger partial charge in [-0.1, -0.05) is 36.2 Å². The van der Waals surface area contributed by atoms with Crippen molar-refractivity contribution >= 4 is 28.9 Å². The van der Waals surface area contributed by atoms with E-state index >= 15 is 0 Å². The van der Waals surface area contributed by atoms with Crippen LogP contribution in [-0.2, 0) is 0 Å². The summed E-state index contributed by atoms with van der Waals surface area (Å²) in [7, 11) is 0. The van der Waals surface area contributed by atoms with E-state index in [4.69, 9.17) is 23.2 Å². The molecule has 2 heterocycles. The van der Waals surface area contributed by atoms with Crippen molar-refractivity contribution in [1.82, 2.24) is 14.8 Å². The Balaban J connectivity index is 2.02. The van der Waals surface area contributed by atoms with E-state index in [2.05, 4.69) is 33.9 Å². The zero-order chi connectivity index (χ0) is 16.8. The number of fused-ring (bicyclic) bond motifs is 3. The summed E-state index contributed by atoms with van der Waals surface area (Å²) in [6, 6.07) is 11.6. The number of hydrogen-bond donors (Lipinski definition) is 1. The van der Waals surface area contributed by atoms with Crippen molar-refractivity contribution in [1.29, 1.82) is 0 Å². The van der Waals surface area contributed by atoms with Crippen LogP contribution < -0.4 is 5.32 Å². The molecule has 4 rings (SSSR count). The molecule has 0 fully saturated rings. The largest absolute Gasteiger partial charge is 0.383 e. The highest BCUT2D eigenvalue weighted by Gasteiger charge is 2.25. The third-order valence-corrected chi connectivity index (χ3v) is 4.84. The molecule has 1 N–H and O–H groups in total. The first-order valence-electron chi connectivity index (χ1n) is 7.80. The number of nitrogens with zero attached hydrogens (tertiary/aromatic N) is 3. The second kappa shape index (κ2) is 5.80. The third-order valence-electron chi connectivity index (χ3n) is 4.37. The van der Waals surface area contributed by atoms with E-state index in [1.54, 1.807) is 0 Å². The molecule has 122 valence electrons. The minimum atomic E-state index is 0.219. The van der Waals surface area contributed by atoms with Gasteiger partial charge in [-0.05, 0) is 42.8 Å².